The summed E-state index contributed by atoms with van der Waals surface area (Å²) >= 11 is 0. The highest BCUT2D eigenvalue weighted by atomic mass is 28.3. The third-order valence-electron chi connectivity index (χ3n) is 2.21. The number of benzene rings is 1. The molecule has 3 heteroatoms. The summed E-state index contributed by atoms with van der Waals surface area (Å²) in [4.78, 5) is 11.1. The third-order valence-corrected chi connectivity index (χ3v) is 4.25. The lowest BCUT2D eigenvalue weighted by Gasteiger charge is -2.17. The maximum absolute atomic E-state index is 13.2. The zero-order valence-corrected chi connectivity index (χ0v) is 10.0. The van der Waals surface area contributed by atoms with E-state index in [-0.39, 0.29) is 11.3 Å². The van der Waals surface area contributed by atoms with Gasteiger partial charge in [0.15, 0.2) is 5.78 Å². The van der Waals surface area contributed by atoms with Crippen LogP contribution >= 0.6 is 0 Å². The van der Waals surface area contributed by atoms with Crippen molar-refractivity contribution in [2.45, 2.75) is 26.6 Å². The minimum Gasteiger partial charge on any atom is -0.294 e. The van der Waals surface area contributed by atoms with Gasteiger partial charge in [-0.2, -0.15) is 0 Å². The Kier molecular flexibility index (Phi) is 2.90. The van der Waals surface area contributed by atoms with Gasteiger partial charge in [-0.25, -0.2) is 4.39 Å². The first-order valence-corrected chi connectivity index (χ1v) is 8.13. The van der Waals surface area contributed by atoms with Crippen LogP contribution in [0.25, 0.3) is 0 Å². The summed E-state index contributed by atoms with van der Waals surface area (Å²) in [6.07, 6.45) is 0. The Morgan fingerprint density at radius 1 is 1.29 bits per heavy atom. The van der Waals surface area contributed by atoms with Crippen molar-refractivity contribution in [3.63, 3.8) is 0 Å². The number of carbonyl (C=O) groups excluding carboxylic acids is 1. The fraction of sp³-hybridized carbons (Fsp3) is 0.364. The second-order valence-electron chi connectivity index (χ2n) is 4.50. The van der Waals surface area contributed by atoms with Crippen LogP contribution in [-0.4, -0.2) is 13.9 Å². The van der Waals surface area contributed by atoms with E-state index in [9.17, 15) is 9.18 Å². The summed E-state index contributed by atoms with van der Waals surface area (Å²) in [5, 5.41) is 1.11. The summed E-state index contributed by atoms with van der Waals surface area (Å²) in [6, 6.07) is 4.88. The second-order valence-corrected chi connectivity index (χ2v) is 9.58. The second kappa shape index (κ2) is 3.65. The van der Waals surface area contributed by atoms with E-state index in [2.05, 4.69) is 19.6 Å². The van der Waals surface area contributed by atoms with Gasteiger partial charge in [0.05, 0.1) is 13.6 Å². The van der Waals surface area contributed by atoms with E-state index in [1.807, 2.05) is 0 Å². The summed E-state index contributed by atoms with van der Waals surface area (Å²) in [5.74, 6) is -0.623. The third kappa shape index (κ3) is 2.29. The molecule has 0 aromatic heterocycles. The zero-order chi connectivity index (χ0) is 10.9. The van der Waals surface area contributed by atoms with Gasteiger partial charge in [-0.05, 0) is 19.1 Å². The van der Waals surface area contributed by atoms with Crippen molar-refractivity contribution in [1.29, 1.82) is 0 Å². The molecule has 0 unspecified atom stereocenters. The summed E-state index contributed by atoms with van der Waals surface area (Å²) in [7, 11) is -1.45. The van der Waals surface area contributed by atoms with Gasteiger partial charge in [-0.1, -0.05) is 30.9 Å². The van der Waals surface area contributed by atoms with Gasteiger partial charge in [0.2, 0.25) is 0 Å². The molecule has 0 saturated carbocycles. The average molecular weight is 210 g/mol. The molecule has 0 aliphatic carbocycles. The lowest BCUT2D eigenvalue weighted by atomic mass is 10.1. The number of Topliss-reactive ketones (excluding diaryl/α,β-unsaturated/α-hetero) is 1. The molecule has 1 aromatic rings. The van der Waals surface area contributed by atoms with Crippen LogP contribution in [0.3, 0.4) is 0 Å². The number of hydrogen-bond donors (Lipinski definition) is 0. The minimum atomic E-state index is -1.45. The Morgan fingerprint density at radius 3 is 2.29 bits per heavy atom. The summed E-state index contributed by atoms with van der Waals surface area (Å²) < 4.78 is 13.2. The van der Waals surface area contributed by atoms with Crippen molar-refractivity contribution in [1.82, 2.24) is 0 Å². The van der Waals surface area contributed by atoms with Gasteiger partial charge in [0.25, 0.3) is 0 Å². The SMILES string of the molecule is CC(=O)c1cc([Si](C)(C)C)ccc1F. The van der Waals surface area contributed by atoms with Gasteiger partial charge >= 0.3 is 0 Å². The molecule has 0 aliphatic heterocycles. The van der Waals surface area contributed by atoms with Crippen molar-refractivity contribution in [2.24, 2.45) is 0 Å². The van der Waals surface area contributed by atoms with Crippen LogP contribution in [-0.2, 0) is 0 Å². The van der Waals surface area contributed by atoms with Gasteiger partial charge in [0.1, 0.15) is 5.82 Å². The minimum absolute atomic E-state index is 0.206. The maximum Gasteiger partial charge on any atom is 0.162 e. The average Bonchev–Trinajstić information content (AvgIpc) is 2.02. The molecule has 0 bridgehead atoms. The predicted molar refractivity (Wildman–Crippen MR) is 59.4 cm³/mol. The van der Waals surface area contributed by atoms with Crippen LogP contribution < -0.4 is 5.19 Å². The molecular weight excluding hydrogens is 195 g/mol. The van der Waals surface area contributed by atoms with Gasteiger partial charge in [0, 0.05) is 0 Å². The fourth-order valence-corrected chi connectivity index (χ4v) is 2.42. The standard InChI is InChI=1S/C11H15FOSi/c1-8(13)10-7-9(14(2,3)4)5-6-11(10)12/h5-7H,1-4H3. The Morgan fingerprint density at radius 2 is 1.86 bits per heavy atom. The molecule has 0 spiro atoms. The Labute approximate surface area is 85.0 Å². The summed E-state index contributed by atoms with van der Waals surface area (Å²) in [5.41, 5.74) is 0.213. The van der Waals surface area contributed by atoms with E-state index in [0.29, 0.717) is 0 Å². The number of ketones is 1. The molecule has 1 aromatic carbocycles. The molecule has 0 atom stereocenters. The van der Waals surface area contributed by atoms with E-state index < -0.39 is 13.9 Å². The van der Waals surface area contributed by atoms with Crippen molar-refractivity contribution in [3.8, 4) is 0 Å². The quantitative estimate of drug-likeness (QED) is 0.541. The molecule has 1 rings (SSSR count). The smallest absolute Gasteiger partial charge is 0.162 e. The molecule has 0 amide bonds. The lowest BCUT2D eigenvalue weighted by molar-refractivity contribution is 0.101. The van der Waals surface area contributed by atoms with Crippen molar-refractivity contribution in [2.75, 3.05) is 0 Å². The van der Waals surface area contributed by atoms with E-state index in [0.717, 1.165) is 5.19 Å². The monoisotopic (exact) mass is 210 g/mol. The molecule has 0 aliphatic rings. The van der Waals surface area contributed by atoms with Crippen LogP contribution in [0.2, 0.25) is 19.6 Å². The number of carbonyl (C=O) groups is 1. The molecule has 76 valence electrons. The molecule has 0 radical (unpaired) electrons. The Balaban J connectivity index is 3.27. The predicted octanol–water partition coefficient (Wildman–Crippen LogP) is 2.57. The van der Waals surface area contributed by atoms with Crippen LogP contribution in [0.5, 0.6) is 0 Å². The largest absolute Gasteiger partial charge is 0.294 e. The van der Waals surface area contributed by atoms with E-state index >= 15 is 0 Å². The first kappa shape index (κ1) is 11.1. The molecule has 1 nitrogen and oxygen atoms in total. The lowest BCUT2D eigenvalue weighted by Crippen LogP contribution is -2.38. The number of halogens is 1. The van der Waals surface area contributed by atoms with Gasteiger partial charge in [-0.15, -0.1) is 0 Å². The molecule has 0 heterocycles. The van der Waals surface area contributed by atoms with Crippen molar-refractivity contribution < 1.29 is 9.18 Å². The normalized spacial score (nSPS) is 11.5. The van der Waals surface area contributed by atoms with Crippen molar-refractivity contribution in [3.05, 3.63) is 29.6 Å². The van der Waals surface area contributed by atoms with E-state index in [1.54, 1.807) is 12.1 Å². The first-order valence-electron chi connectivity index (χ1n) is 4.63. The van der Waals surface area contributed by atoms with E-state index in [4.69, 9.17) is 0 Å². The molecular formula is C11H15FOSi. The highest BCUT2D eigenvalue weighted by molar-refractivity contribution is 6.88. The van der Waals surface area contributed by atoms with Gasteiger partial charge < -0.3 is 0 Å². The van der Waals surface area contributed by atoms with Crippen LogP contribution in [0.1, 0.15) is 17.3 Å². The Hall–Kier alpha value is -0.963. The van der Waals surface area contributed by atoms with Gasteiger partial charge in [-0.3, -0.25) is 4.79 Å². The molecule has 0 N–H and O–H groups in total. The van der Waals surface area contributed by atoms with Crippen molar-refractivity contribution >= 4 is 19.0 Å². The first-order chi connectivity index (χ1) is 6.32. The van der Waals surface area contributed by atoms with Crippen LogP contribution in [0.4, 0.5) is 4.39 Å². The zero-order valence-electron chi connectivity index (χ0n) is 9.02. The Bertz CT molecular complexity index is 366. The molecule has 0 fully saturated rings. The van der Waals surface area contributed by atoms with Crippen LogP contribution in [0, 0.1) is 5.82 Å². The van der Waals surface area contributed by atoms with E-state index in [1.165, 1.54) is 13.0 Å². The number of hydrogen-bond acceptors (Lipinski definition) is 1. The highest BCUT2D eigenvalue weighted by Crippen LogP contribution is 2.09. The van der Waals surface area contributed by atoms with Crippen LogP contribution in [0.15, 0.2) is 18.2 Å². The molecule has 0 saturated heterocycles. The highest BCUT2D eigenvalue weighted by Gasteiger charge is 2.18. The topological polar surface area (TPSA) is 17.1 Å². The maximum atomic E-state index is 13.2. The summed E-state index contributed by atoms with van der Waals surface area (Å²) in [6.45, 7) is 7.91. The molecule has 14 heavy (non-hydrogen) atoms. The number of rotatable bonds is 2. The fourth-order valence-electron chi connectivity index (χ4n) is 1.26.